The molecule has 0 saturated carbocycles. The van der Waals surface area contributed by atoms with Gasteiger partial charge in [0.15, 0.2) is 12.6 Å². The summed E-state index contributed by atoms with van der Waals surface area (Å²) in [5.41, 5.74) is 10.6. The molecule has 0 saturated heterocycles. The first-order chi connectivity index (χ1) is 13.2. The average molecular weight is 353 g/mol. The molecule has 2 N–H and O–H groups in total. The monoisotopic (exact) mass is 353 g/mol. The molecule has 0 amide bonds. The van der Waals surface area contributed by atoms with Crippen molar-refractivity contribution in [2.45, 2.75) is 0 Å². The van der Waals surface area contributed by atoms with E-state index in [0.717, 1.165) is 11.1 Å². The van der Waals surface area contributed by atoms with E-state index in [4.69, 9.17) is 15.7 Å². The minimum Gasteiger partial charge on any atom is -0.396 e. The maximum absolute atomic E-state index is 11.6. The molecule has 3 aromatic carbocycles. The number of hydrogen-bond acceptors (Lipinski definition) is 5. The Balaban J connectivity index is 2.14. The molecule has 0 aliphatic heterocycles. The van der Waals surface area contributed by atoms with E-state index in [9.17, 15) is 9.59 Å². The number of nitrogen functional groups attached to an aromatic ring is 1. The van der Waals surface area contributed by atoms with Crippen LogP contribution < -0.4 is 5.73 Å². The van der Waals surface area contributed by atoms with E-state index in [1.165, 1.54) is 6.07 Å². The molecule has 0 unspecified atom stereocenters. The maximum atomic E-state index is 11.6. The Morgan fingerprint density at radius 2 is 1.15 bits per heavy atom. The number of carbonyl (C=O) groups excluding carboxylic acids is 2. The molecular formula is C22H15N3O2. The summed E-state index contributed by atoms with van der Waals surface area (Å²) in [5, 5.41) is 0. The number of benzene rings is 3. The number of anilines is 1. The third kappa shape index (κ3) is 2.85. The molecule has 0 aliphatic rings. The van der Waals surface area contributed by atoms with Gasteiger partial charge in [0, 0.05) is 22.3 Å². The molecule has 0 spiro atoms. The van der Waals surface area contributed by atoms with Gasteiger partial charge in [0.05, 0.1) is 17.1 Å². The third-order valence-electron chi connectivity index (χ3n) is 4.39. The van der Waals surface area contributed by atoms with Crippen molar-refractivity contribution < 1.29 is 9.59 Å². The Hall–Kier alpha value is -3.86. The van der Waals surface area contributed by atoms with Gasteiger partial charge in [-0.15, -0.1) is 0 Å². The van der Waals surface area contributed by atoms with Crippen LogP contribution in [0.3, 0.4) is 0 Å². The van der Waals surface area contributed by atoms with Crippen LogP contribution in [0.1, 0.15) is 20.7 Å². The largest absolute Gasteiger partial charge is 0.396 e. The van der Waals surface area contributed by atoms with Crippen LogP contribution in [-0.4, -0.2) is 22.5 Å². The standard InChI is InChI=1S/C22H15N3O2/c23-18-16(12-26)11-17(13-27)21-22(18)25-20(15-9-5-2-6-10-15)19(24-21)14-7-3-1-4-8-14/h1-13H,23H2. The van der Waals surface area contributed by atoms with Crippen molar-refractivity contribution in [3.63, 3.8) is 0 Å². The molecule has 0 atom stereocenters. The van der Waals surface area contributed by atoms with Gasteiger partial charge in [-0.2, -0.15) is 0 Å². The van der Waals surface area contributed by atoms with E-state index in [2.05, 4.69) is 0 Å². The van der Waals surface area contributed by atoms with Crippen molar-refractivity contribution in [1.82, 2.24) is 9.97 Å². The fourth-order valence-electron chi connectivity index (χ4n) is 3.06. The highest BCUT2D eigenvalue weighted by Crippen LogP contribution is 2.34. The first-order valence-corrected chi connectivity index (χ1v) is 8.38. The molecule has 27 heavy (non-hydrogen) atoms. The van der Waals surface area contributed by atoms with Gasteiger partial charge in [-0.25, -0.2) is 9.97 Å². The Morgan fingerprint density at radius 1 is 0.667 bits per heavy atom. The van der Waals surface area contributed by atoms with Gasteiger partial charge in [-0.05, 0) is 6.07 Å². The zero-order valence-corrected chi connectivity index (χ0v) is 14.3. The van der Waals surface area contributed by atoms with Gasteiger partial charge in [-0.1, -0.05) is 60.7 Å². The molecule has 130 valence electrons. The molecule has 1 heterocycles. The summed E-state index contributed by atoms with van der Waals surface area (Å²) in [4.78, 5) is 32.4. The summed E-state index contributed by atoms with van der Waals surface area (Å²) in [6.45, 7) is 0. The quantitative estimate of drug-likeness (QED) is 0.439. The fraction of sp³-hybridized carbons (Fsp3) is 0. The highest BCUT2D eigenvalue weighted by atomic mass is 16.1. The number of carbonyl (C=O) groups is 2. The zero-order valence-electron chi connectivity index (χ0n) is 14.3. The van der Waals surface area contributed by atoms with Crippen molar-refractivity contribution in [2.75, 3.05) is 5.73 Å². The topological polar surface area (TPSA) is 85.9 Å². The predicted molar refractivity (Wildman–Crippen MR) is 106 cm³/mol. The number of aromatic nitrogens is 2. The Bertz CT molecular complexity index is 1160. The van der Waals surface area contributed by atoms with E-state index in [1.807, 2.05) is 60.7 Å². The first-order valence-electron chi connectivity index (χ1n) is 8.38. The molecule has 0 fully saturated rings. The number of hydrogen-bond donors (Lipinski definition) is 1. The minimum atomic E-state index is 0.217. The van der Waals surface area contributed by atoms with Crippen molar-refractivity contribution in [1.29, 1.82) is 0 Å². The van der Waals surface area contributed by atoms with Crippen LogP contribution in [0.5, 0.6) is 0 Å². The normalized spacial score (nSPS) is 10.7. The summed E-state index contributed by atoms with van der Waals surface area (Å²) in [6.07, 6.45) is 1.29. The van der Waals surface area contributed by atoms with E-state index in [1.54, 1.807) is 0 Å². The Kier molecular flexibility index (Phi) is 4.18. The molecule has 4 rings (SSSR count). The number of nitrogens with zero attached hydrogens (tertiary/aromatic N) is 2. The first kappa shape index (κ1) is 16.6. The predicted octanol–water partition coefficient (Wildman–Crippen LogP) is 4.17. The number of aldehydes is 2. The summed E-state index contributed by atoms with van der Waals surface area (Å²) in [6, 6.07) is 20.7. The summed E-state index contributed by atoms with van der Waals surface area (Å²) >= 11 is 0. The summed E-state index contributed by atoms with van der Waals surface area (Å²) in [7, 11) is 0. The highest BCUT2D eigenvalue weighted by molar-refractivity contribution is 6.06. The molecule has 5 nitrogen and oxygen atoms in total. The lowest BCUT2D eigenvalue weighted by atomic mass is 10.0. The van der Waals surface area contributed by atoms with E-state index in [0.29, 0.717) is 35.0 Å². The highest BCUT2D eigenvalue weighted by Gasteiger charge is 2.18. The Morgan fingerprint density at radius 3 is 1.63 bits per heavy atom. The van der Waals surface area contributed by atoms with Gasteiger partial charge < -0.3 is 5.73 Å². The SMILES string of the molecule is Nc1c(C=O)cc(C=O)c2nc(-c3ccccc3)c(-c3ccccc3)nc12. The molecule has 0 radical (unpaired) electrons. The second kappa shape index (κ2) is 6.80. The molecule has 0 bridgehead atoms. The smallest absolute Gasteiger partial charge is 0.152 e. The van der Waals surface area contributed by atoms with Crippen LogP contribution in [0.4, 0.5) is 5.69 Å². The van der Waals surface area contributed by atoms with E-state index >= 15 is 0 Å². The molecule has 5 heteroatoms. The number of nitrogens with two attached hydrogens (primary N) is 1. The van der Waals surface area contributed by atoms with Gasteiger partial charge >= 0.3 is 0 Å². The number of rotatable bonds is 4. The van der Waals surface area contributed by atoms with Gasteiger partial charge in [0.2, 0.25) is 0 Å². The minimum absolute atomic E-state index is 0.217. The van der Waals surface area contributed by atoms with E-state index in [-0.39, 0.29) is 16.8 Å². The van der Waals surface area contributed by atoms with Gasteiger partial charge in [-0.3, -0.25) is 9.59 Å². The lowest BCUT2D eigenvalue weighted by molar-refractivity contribution is 0.112. The molecular weight excluding hydrogens is 338 g/mol. The van der Waals surface area contributed by atoms with Crippen molar-refractivity contribution in [2.24, 2.45) is 0 Å². The molecule has 4 aromatic rings. The van der Waals surface area contributed by atoms with Gasteiger partial charge in [0.25, 0.3) is 0 Å². The van der Waals surface area contributed by atoms with Crippen molar-refractivity contribution in [3.8, 4) is 22.5 Å². The van der Waals surface area contributed by atoms with Gasteiger partial charge in [0.1, 0.15) is 11.0 Å². The zero-order chi connectivity index (χ0) is 18.8. The second-order valence-corrected chi connectivity index (χ2v) is 6.05. The van der Waals surface area contributed by atoms with Crippen LogP contribution in [-0.2, 0) is 0 Å². The second-order valence-electron chi connectivity index (χ2n) is 6.05. The van der Waals surface area contributed by atoms with Crippen LogP contribution in [0.15, 0.2) is 66.7 Å². The van der Waals surface area contributed by atoms with Crippen LogP contribution in [0.2, 0.25) is 0 Å². The molecule has 0 aliphatic carbocycles. The van der Waals surface area contributed by atoms with Crippen LogP contribution in [0, 0.1) is 0 Å². The van der Waals surface area contributed by atoms with Crippen LogP contribution >= 0.6 is 0 Å². The maximum Gasteiger partial charge on any atom is 0.152 e. The fourth-order valence-corrected chi connectivity index (χ4v) is 3.06. The molecule has 1 aromatic heterocycles. The summed E-state index contributed by atoms with van der Waals surface area (Å²) < 4.78 is 0. The lowest BCUT2D eigenvalue weighted by Gasteiger charge is -2.13. The third-order valence-corrected chi connectivity index (χ3v) is 4.39. The van der Waals surface area contributed by atoms with E-state index < -0.39 is 0 Å². The van der Waals surface area contributed by atoms with Crippen LogP contribution in [0.25, 0.3) is 33.5 Å². The Labute approximate surface area is 155 Å². The summed E-state index contributed by atoms with van der Waals surface area (Å²) in [5.74, 6) is 0. The van der Waals surface area contributed by atoms with Crippen molar-refractivity contribution >= 4 is 29.3 Å². The average Bonchev–Trinajstić information content (AvgIpc) is 2.74. The lowest BCUT2D eigenvalue weighted by Crippen LogP contribution is -2.04. The van der Waals surface area contributed by atoms with Crippen molar-refractivity contribution in [3.05, 3.63) is 77.9 Å². The number of fused-ring (bicyclic) bond motifs is 1.